The Balaban J connectivity index is 3.05. The minimum Gasteiger partial charge on any atom is -0.490 e. The molecule has 0 aliphatic carbocycles. The van der Waals surface area contributed by atoms with Crippen molar-refractivity contribution in [1.29, 1.82) is 0 Å². The van der Waals surface area contributed by atoms with Crippen LogP contribution in [0.2, 0.25) is 0 Å². The van der Waals surface area contributed by atoms with Gasteiger partial charge in [-0.2, -0.15) is 0 Å². The van der Waals surface area contributed by atoms with Crippen molar-refractivity contribution in [3.8, 4) is 5.75 Å². The smallest absolute Gasteiger partial charge is 0.377 e. The van der Waals surface area contributed by atoms with E-state index in [-0.39, 0.29) is 5.82 Å². The fourth-order valence-corrected chi connectivity index (χ4v) is 1.50. The molecular formula is C8H10N2O3S. The molecular weight excluding hydrogens is 204 g/mol. The number of rotatable bonds is 4. The molecule has 0 saturated carbocycles. The van der Waals surface area contributed by atoms with Gasteiger partial charge in [0.25, 0.3) is 0 Å². The van der Waals surface area contributed by atoms with Gasteiger partial charge in [0.1, 0.15) is 4.90 Å². The van der Waals surface area contributed by atoms with Gasteiger partial charge in [0.05, 0.1) is 6.61 Å². The highest BCUT2D eigenvalue weighted by atomic mass is 32.2. The number of nitro groups is 1. The van der Waals surface area contributed by atoms with Crippen LogP contribution in [-0.2, 0) is 0 Å². The minimum atomic E-state index is -0.498. The molecule has 0 aliphatic rings. The van der Waals surface area contributed by atoms with Crippen molar-refractivity contribution in [2.75, 3.05) is 12.9 Å². The third-order valence-electron chi connectivity index (χ3n) is 1.51. The van der Waals surface area contributed by atoms with E-state index in [1.54, 1.807) is 12.3 Å². The average Bonchev–Trinajstić information content (AvgIpc) is 2.17. The summed E-state index contributed by atoms with van der Waals surface area (Å²) >= 11 is 1.28. The van der Waals surface area contributed by atoms with Crippen LogP contribution < -0.4 is 4.74 Å². The molecule has 1 heterocycles. The van der Waals surface area contributed by atoms with Crippen LogP contribution in [0.1, 0.15) is 6.92 Å². The Kier molecular flexibility index (Phi) is 3.70. The lowest BCUT2D eigenvalue weighted by Crippen LogP contribution is -1.97. The van der Waals surface area contributed by atoms with Crippen LogP contribution in [0.15, 0.2) is 17.2 Å². The monoisotopic (exact) mass is 214 g/mol. The Morgan fingerprint density at radius 2 is 2.43 bits per heavy atom. The van der Waals surface area contributed by atoms with E-state index >= 15 is 0 Å². The number of nitrogens with zero attached hydrogens (tertiary/aromatic N) is 2. The van der Waals surface area contributed by atoms with E-state index in [0.717, 1.165) is 0 Å². The molecule has 1 aromatic rings. The van der Waals surface area contributed by atoms with Gasteiger partial charge in [-0.25, -0.2) is 0 Å². The van der Waals surface area contributed by atoms with Crippen LogP contribution in [0.25, 0.3) is 0 Å². The van der Waals surface area contributed by atoms with Crippen molar-refractivity contribution >= 4 is 17.6 Å². The third-order valence-corrected chi connectivity index (χ3v) is 2.25. The summed E-state index contributed by atoms with van der Waals surface area (Å²) in [5, 5.41) is 10.5. The second-order valence-electron chi connectivity index (χ2n) is 2.39. The maximum atomic E-state index is 10.5. The molecule has 0 amide bonds. The Morgan fingerprint density at radius 3 is 2.93 bits per heavy atom. The van der Waals surface area contributed by atoms with Crippen LogP contribution in [0.3, 0.4) is 0 Å². The van der Waals surface area contributed by atoms with Crippen molar-refractivity contribution in [2.45, 2.75) is 11.8 Å². The van der Waals surface area contributed by atoms with Gasteiger partial charge >= 0.3 is 5.82 Å². The molecule has 0 spiro atoms. The Labute approximate surface area is 85.6 Å². The lowest BCUT2D eigenvalue weighted by atomic mass is 10.4. The highest BCUT2D eigenvalue weighted by molar-refractivity contribution is 7.98. The van der Waals surface area contributed by atoms with Crippen molar-refractivity contribution in [2.24, 2.45) is 0 Å². The van der Waals surface area contributed by atoms with Crippen molar-refractivity contribution in [1.82, 2.24) is 4.98 Å². The third kappa shape index (κ3) is 2.35. The summed E-state index contributed by atoms with van der Waals surface area (Å²) in [4.78, 5) is 14.3. The number of hydrogen-bond acceptors (Lipinski definition) is 5. The Hall–Kier alpha value is -1.30. The molecule has 14 heavy (non-hydrogen) atoms. The van der Waals surface area contributed by atoms with Gasteiger partial charge in [0, 0.05) is 6.07 Å². The van der Waals surface area contributed by atoms with Crippen LogP contribution in [0.4, 0.5) is 5.82 Å². The van der Waals surface area contributed by atoms with Crippen LogP contribution >= 0.6 is 11.8 Å². The topological polar surface area (TPSA) is 65.3 Å². The molecule has 1 rings (SSSR count). The summed E-state index contributed by atoms with van der Waals surface area (Å²) in [6, 6.07) is 1.62. The molecule has 5 nitrogen and oxygen atoms in total. The van der Waals surface area contributed by atoms with Crippen LogP contribution in [-0.4, -0.2) is 22.8 Å². The van der Waals surface area contributed by atoms with Gasteiger partial charge < -0.3 is 14.9 Å². The van der Waals surface area contributed by atoms with Crippen molar-refractivity contribution in [3.05, 3.63) is 22.4 Å². The van der Waals surface area contributed by atoms with Gasteiger partial charge in [0.2, 0.25) is 0 Å². The van der Waals surface area contributed by atoms with E-state index in [2.05, 4.69) is 4.98 Å². The number of thioether (sulfide) groups is 1. The van der Waals surface area contributed by atoms with Gasteiger partial charge in [-0.05, 0) is 23.1 Å². The van der Waals surface area contributed by atoms with E-state index in [1.165, 1.54) is 18.0 Å². The summed E-state index contributed by atoms with van der Waals surface area (Å²) in [6.07, 6.45) is 3.13. The van der Waals surface area contributed by atoms with E-state index in [0.29, 0.717) is 17.3 Å². The number of aromatic nitrogens is 1. The average molecular weight is 214 g/mol. The quantitative estimate of drug-likeness (QED) is 0.436. The van der Waals surface area contributed by atoms with E-state index < -0.39 is 4.92 Å². The molecule has 0 aliphatic heterocycles. The standard InChI is InChI=1S/C8H10N2O3S/c1-3-13-6-4-7(14-2)8(9-5-6)10(11)12/h4-5H,3H2,1-2H3. The second kappa shape index (κ2) is 4.80. The normalized spacial score (nSPS) is 9.86. The fraction of sp³-hybridized carbons (Fsp3) is 0.375. The molecule has 0 bridgehead atoms. The fourth-order valence-electron chi connectivity index (χ4n) is 0.952. The molecule has 1 aromatic heterocycles. The predicted molar refractivity (Wildman–Crippen MR) is 53.8 cm³/mol. The lowest BCUT2D eigenvalue weighted by Gasteiger charge is -2.02. The van der Waals surface area contributed by atoms with Crippen molar-refractivity contribution in [3.63, 3.8) is 0 Å². The molecule has 0 unspecified atom stereocenters. The maximum absolute atomic E-state index is 10.5. The zero-order valence-electron chi connectivity index (χ0n) is 7.89. The minimum absolute atomic E-state index is 0.124. The molecule has 0 aromatic carbocycles. The Bertz CT molecular complexity index is 343. The van der Waals surface area contributed by atoms with E-state index in [1.807, 2.05) is 6.92 Å². The molecule has 0 saturated heterocycles. The Morgan fingerprint density at radius 1 is 1.71 bits per heavy atom. The van der Waals surface area contributed by atoms with Crippen molar-refractivity contribution < 1.29 is 9.66 Å². The van der Waals surface area contributed by atoms with Crippen LogP contribution in [0, 0.1) is 10.1 Å². The first-order valence-electron chi connectivity index (χ1n) is 4.00. The van der Waals surface area contributed by atoms with Gasteiger partial charge in [0.15, 0.2) is 11.9 Å². The summed E-state index contributed by atoms with van der Waals surface area (Å²) in [7, 11) is 0. The molecule has 0 N–H and O–H groups in total. The maximum Gasteiger partial charge on any atom is 0.377 e. The van der Waals surface area contributed by atoms with E-state index in [9.17, 15) is 10.1 Å². The highest BCUT2D eigenvalue weighted by Crippen LogP contribution is 2.28. The van der Waals surface area contributed by atoms with Gasteiger partial charge in [-0.3, -0.25) is 0 Å². The lowest BCUT2D eigenvalue weighted by molar-refractivity contribution is -0.392. The SMILES string of the molecule is CCOc1cnc([N+](=O)[O-])c(SC)c1. The first-order chi connectivity index (χ1) is 6.69. The summed E-state index contributed by atoms with van der Waals surface area (Å²) < 4.78 is 5.18. The summed E-state index contributed by atoms with van der Waals surface area (Å²) in [5.74, 6) is 0.434. The first-order valence-corrected chi connectivity index (χ1v) is 5.22. The zero-order chi connectivity index (χ0) is 10.6. The summed E-state index contributed by atoms with van der Waals surface area (Å²) in [5.41, 5.74) is 0. The molecule has 6 heteroatoms. The highest BCUT2D eigenvalue weighted by Gasteiger charge is 2.15. The number of pyridine rings is 1. The largest absolute Gasteiger partial charge is 0.490 e. The predicted octanol–water partition coefficient (Wildman–Crippen LogP) is 2.11. The van der Waals surface area contributed by atoms with Crippen LogP contribution in [0.5, 0.6) is 5.75 Å². The molecule has 0 radical (unpaired) electrons. The molecule has 0 fully saturated rings. The second-order valence-corrected chi connectivity index (χ2v) is 3.24. The number of ether oxygens (including phenoxy) is 1. The zero-order valence-corrected chi connectivity index (χ0v) is 8.71. The molecule has 0 atom stereocenters. The summed E-state index contributed by atoms with van der Waals surface area (Å²) in [6.45, 7) is 2.37. The van der Waals surface area contributed by atoms with E-state index in [4.69, 9.17) is 4.74 Å². The van der Waals surface area contributed by atoms with Gasteiger partial charge in [-0.15, -0.1) is 11.8 Å². The van der Waals surface area contributed by atoms with Gasteiger partial charge in [-0.1, -0.05) is 0 Å². The number of hydrogen-bond donors (Lipinski definition) is 0. The first kappa shape index (κ1) is 10.8. The molecule has 76 valence electrons.